The molecular formula is C14H12N4O2S. The molecule has 0 aliphatic heterocycles. The molecule has 0 saturated carbocycles. The molecule has 21 heavy (non-hydrogen) atoms. The molecule has 1 aromatic carbocycles. The summed E-state index contributed by atoms with van der Waals surface area (Å²) in [4.78, 5) is 16.4. The van der Waals surface area contributed by atoms with Gasteiger partial charge in [-0.15, -0.1) is 11.3 Å². The highest BCUT2D eigenvalue weighted by atomic mass is 32.1. The zero-order valence-electron chi connectivity index (χ0n) is 10.9. The maximum absolute atomic E-state index is 12.3. The van der Waals surface area contributed by atoms with Crippen molar-refractivity contribution < 1.29 is 9.32 Å². The Kier molecular flexibility index (Phi) is 3.65. The van der Waals surface area contributed by atoms with Gasteiger partial charge >= 0.3 is 0 Å². The summed E-state index contributed by atoms with van der Waals surface area (Å²) in [6.45, 7) is 0.404. The Morgan fingerprint density at radius 3 is 2.86 bits per heavy atom. The van der Waals surface area contributed by atoms with Gasteiger partial charge in [-0.25, -0.2) is 4.98 Å². The maximum Gasteiger partial charge on any atom is 0.259 e. The zero-order valence-corrected chi connectivity index (χ0v) is 11.8. The topological polar surface area (TPSA) is 94.0 Å². The lowest BCUT2D eigenvalue weighted by Crippen LogP contribution is -2.23. The van der Waals surface area contributed by atoms with Crippen LogP contribution in [0.4, 0.5) is 5.88 Å². The van der Waals surface area contributed by atoms with Gasteiger partial charge in [0, 0.05) is 18.1 Å². The summed E-state index contributed by atoms with van der Waals surface area (Å²) in [6, 6.07) is 9.61. The lowest BCUT2D eigenvalue weighted by Gasteiger charge is -2.04. The number of carbonyl (C=O) groups excluding carboxylic acids is 1. The van der Waals surface area contributed by atoms with E-state index in [0.29, 0.717) is 17.2 Å². The number of benzene rings is 1. The number of nitrogens with one attached hydrogen (secondary N) is 1. The minimum Gasteiger partial charge on any atom is -0.367 e. The summed E-state index contributed by atoms with van der Waals surface area (Å²) >= 11 is 1.37. The van der Waals surface area contributed by atoms with Crippen molar-refractivity contribution in [2.75, 3.05) is 5.73 Å². The Bertz CT molecular complexity index is 738. The molecule has 0 aliphatic carbocycles. The standard InChI is InChI=1S/C14H12N4O2S/c15-12-10(11(18-20-12)14-16-6-7-21-14)13(19)17-8-9-4-2-1-3-5-9/h1-7H,8,15H2,(H,17,19). The van der Waals surface area contributed by atoms with E-state index in [1.807, 2.05) is 30.3 Å². The molecule has 3 N–H and O–H groups in total. The summed E-state index contributed by atoms with van der Waals surface area (Å²) in [5.74, 6) is -0.339. The Morgan fingerprint density at radius 2 is 2.14 bits per heavy atom. The van der Waals surface area contributed by atoms with Crippen LogP contribution >= 0.6 is 11.3 Å². The number of nitrogens with two attached hydrogens (primary N) is 1. The number of thiazole rings is 1. The van der Waals surface area contributed by atoms with Crippen molar-refractivity contribution >= 4 is 23.1 Å². The summed E-state index contributed by atoms with van der Waals surface area (Å²) in [5, 5.41) is 9.02. The van der Waals surface area contributed by atoms with Crippen LogP contribution in [0.25, 0.3) is 10.7 Å². The summed E-state index contributed by atoms with van der Waals surface area (Å²) < 4.78 is 4.93. The third-order valence-corrected chi connectivity index (χ3v) is 3.66. The highest BCUT2D eigenvalue weighted by molar-refractivity contribution is 7.13. The van der Waals surface area contributed by atoms with E-state index in [0.717, 1.165) is 5.56 Å². The predicted molar refractivity (Wildman–Crippen MR) is 79.6 cm³/mol. The van der Waals surface area contributed by atoms with Gasteiger partial charge in [-0.2, -0.15) is 0 Å². The molecule has 0 aliphatic rings. The molecule has 0 bridgehead atoms. The van der Waals surface area contributed by atoms with Crippen molar-refractivity contribution in [1.29, 1.82) is 0 Å². The highest BCUT2D eigenvalue weighted by Crippen LogP contribution is 2.28. The first-order chi connectivity index (χ1) is 10.3. The second-order valence-corrected chi connectivity index (χ2v) is 5.17. The summed E-state index contributed by atoms with van der Waals surface area (Å²) in [7, 11) is 0. The minimum atomic E-state index is -0.331. The molecule has 2 heterocycles. The van der Waals surface area contributed by atoms with Crippen molar-refractivity contribution in [3.63, 3.8) is 0 Å². The third-order valence-electron chi connectivity index (χ3n) is 2.88. The van der Waals surface area contributed by atoms with E-state index in [1.165, 1.54) is 11.3 Å². The Labute approximate surface area is 124 Å². The van der Waals surface area contributed by atoms with E-state index in [9.17, 15) is 4.79 Å². The minimum absolute atomic E-state index is 0.00855. The van der Waals surface area contributed by atoms with Crippen LogP contribution in [-0.4, -0.2) is 16.0 Å². The van der Waals surface area contributed by atoms with Crippen molar-refractivity contribution in [3.05, 3.63) is 53.0 Å². The molecule has 106 valence electrons. The molecule has 3 aromatic rings. The third kappa shape index (κ3) is 2.77. The maximum atomic E-state index is 12.3. The van der Waals surface area contributed by atoms with Crippen LogP contribution in [0, 0.1) is 0 Å². The van der Waals surface area contributed by atoms with Crippen LogP contribution < -0.4 is 11.1 Å². The number of rotatable bonds is 4. The normalized spacial score (nSPS) is 10.5. The van der Waals surface area contributed by atoms with Gasteiger partial charge in [0.05, 0.1) is 0 Å². The number of carbonyl (C=O) groups is 1. The van der Waals surface area contributed by atoms with Crippen LogP contribution in [0.3, 0.4) is 0 Å². The van der Waals surface area contributed by atoms with E-state index < -0.39 is 0 Å². The van der Waals surface area contributed by atoms with E-state index in [-0.39, 0.29) is 17.4 Å². The number of nitrogens with zero attached hydrogens (tertiary/aromatic N) is 2. The van der Waals surface area contributed by atoms with Crippen LogP contribution in [0.1, 0.15) is 15.9 Å². The van der Waals surface area contributed by atoms with Gasteiger partial charge in [-0.3, -0.25) is 4.79 Å². The molecule has 0 unspecified atom stereocenters. The number of aromatic nitrogens is 2. The smallest absolute Gasteiger partial charge is 0.259 e. The van der Waals surface area contributed by atoms with Gasteiger partial charge in [0.2, 0.25) is 5.88 Å². The largest absolute Gasteiger partial charge is 0.367 e. The van der Waals surface area contributed by atoms with Crippen molar-refractivity contribution in [2.45, 2.75) is 6.54 Å². The first-order valence-electron chi connectivity index (χ1n) is 6.23. The molecule has 3 rings (SSSR count). The fraction of sp³-hybridized carbons (Fsp3) is 0.0714. The van der Waals surface area contributed by atoms with E-state index in [2.05, 4.69) is 15.5 Å². The zero-order chi connectivity index (χ0) is 14.7. The molecule has 7 heteroatoms. The van der Waals surface area contributed by atoms with E-state index >= 15 is 0 Å². The van der Waals surface area contributed by atoms with Crippen molar-refractivity contribution in [1.82, 2.24) is 15.5 Å². The van der Waals surface area contributed by atoms with Crippen LogP contribution in [0.5, 0.6) is 0 Å². The fourth-order valence-electron chi connectivity index (χ4n) is 1.88. The second-order valence-electron chi connectivity index (χ2n) is 4.28. The first-order valence-corrected chi connectivity index (χ1v) is 7.11. The van der Waals surface area contributed by atoms with Gasteiger partial charge < -0.3 is 15.6 Å². The number of anilines is 1. The van der Waals surface area contributed by atoms with Crippen molar-refractivity contribution in [3.8, 4) is 10.7 Å². The molecule has 6 nitrogen and oxygen atoms in total. The van der Waals surface area contributed by atoms with E-state index in [4.69, 9.17) is 10.3 Å². The molecule has 0 fully saturated rings. The molecule has 1 amide bonds. The fourth-order valence-corrected chi connectivity index (χ4v) is 2.50. The quantitative estimate of drug-likeness (QED) is 0.771. The van der Waals surface area contributed by atoms with Crippen LogP contribution in [0.2, 0.25) is 0 Å². The van der Waals surface area contributed by atoms with Gasteiger partial charge in [0.15, 0.2) is 5.69 Å². The lowest BCUT2D eigenvalue weighted by atomic mass is 10.2. The molecular weight excluding hydrogens is 288 g/mol. The van der Waals surface area contributed by atoms with E-state index in [1.54, 1.807) is 11.6 Å². The van der Waals surface area contributed by atoms with Crippen LogP contribution in [-0.2, 0) is 6.54 Å². The average molecular weight is 300 g/mol. The van der Waals surface area contributed by atoms with Crippen LogP contribution in [0.15, 0.2) is 46.4 Å². The number of nitrogen functional groups attached to an aromatic ring is 1. The molecule has 0 radical (unpaired) electrons. The van der Waals surface area contributed by atoms with Gasteiger partial charge in [-0.05, 0) is 5.56 Å². The lowest BCUT2D eigenvalue weighted by molar-refractivity contribution is 0.0952. The van der Waals surface area contributed by atoms with Gasteiger partial charge in [0.25, 0.3) is 5.91 Å². The van der Waals surface area contributed by atoms with Gasteiger partial charge in [0.1, 0.15) is 10.6 Å². The summed E-state index contributed by atoms with van der Waals surface area (Å²) in [5.41, 5.74) is 7.29. The molecule has 0 atom stereocenters. The molecule has 2 aromatic heterocycles. The van der Waals surface area contributed by atoms with Crippen molar-refractivity contribution in [2.24, 2.45) is 0 Å². The average Bonchev–Trinajstić information content (AvgIpc) is 3.15. The Balaban J connectivity index is 1.80. The van der Waals surface area contributed by atoms with Gasteiger partial charge in [-0.1, -0.05) is 35.5 Å². The molecule has 0 spiro atoms. The Hall–Kier alpha value is -2.67. The monoisotopic (exact) mass is 300 g/mol. The predicted octanol–water partition coefficient (Wildman–Crippen LogP) is 2.31. The highest BCUT2D eigenvalue weighted by Gasteiger charge is 2.23. The Morgan fingerprint density at radius 1 is 1.33 bits per heavy atom. The molecule has 0 saturated heterocycles. The number of hydrogen-bond acceptors (Lipinski definition) is 6. The second kappa shape index (κ2) is 5.76. The number of amides is 1. The SMILES string of the molecule is Nc1onc(-c2nccs2)c1C(=O)NCc1ccccc1. The summed E-state index contributed by atoms with van der Waals surface area (Å²) in [6.07, 6.45) is 1.64. The number of hydrogen-bond donors (Lipinski definition) is 2. The first kappa shape index (κ1) is 13.3.